The Hall–Kier alpha value is -1.90. The maximum absolute atomic E-state index is 13.5. The Morgan fingerprint density at radius 2 is 1.94 bits per heavy atom. The van der Waals surface area contributed by atoms with E-state index in [-0.39, 0.29) is 24.4 Å². The second kappa shape index (κ2) is 11.3. The number of anilines is 1. The van der Waals surface area contributed by atoms with Crippen LogP contribution < -0.4 is 9.64 Å². The van der Waals surface area contributed by atoms with Crippen LogP contribution in [0.25, 0.3) is 10.2 Å². The summed E-state index contributed by atoms with van der Waals surface area (Å²) in [6.45, 7) is 8.47. The Balaban J connectivity index is 0.00000289. The number of thiazole rings is 1. The fraction of sp³-hybridized carbons (Fsp3) is 0.391. The van der Waals surface area contributed by atoms with Crippen molar-refractivity contribution in [1.29, 1.82) is 0 Å². The summed E-state index contributed by atoms with van der Waals surface area (Å²) in [5, 5.41) is 1.34. The van der Waals surface area contributed by atoms with Crippen LogP contribution in [0.1, 0.15) is 24.2 Å². The average Bonchev–Trinajstić information content (AvgIpc) is 3.17. The van der Waals surface area contributed by atoms with Crippen molar-refractivity contribution >= 4 is 56.6 Å². The first-order valence-corrected chi connectivity index (χ1v) is 11.6. The molecule has 0 unspecified atom stereocenters. The second-order valence-electron chi connectivity index (χ2n) is 7.71. The van der Waals surface area contributed by atoms with Gasteiger partial charge in [-0.25, -0.2) is 4.98 Å². The fourth-order valence-corrected chi connectivity index (χ4v) is 4.72. The maximum atomic E-state index is 13.5. The molecule has 0 atom stereocenters. The van der Waals surface area contributed by atoms with Crippen LogP contribution in [0.2, 0.25) is 5.02 Å². The molecule has 1 fully saturated rings. The molecule has 1 aliphatic heterocycles. The normalized spacial score (nSPS) is 14.4. The van der Waals surface area contributed by atoms with Crippen molar-refractivity contribution in [1.82, 2.24) is 9.88 Å². The highest BCUT2D eigenvalue weighted by Crippen LogP contribution is 2.31. The summed E-state index contributed by atoms with van der Waals surface area (Å²) in [7, 11) is 0. The lowest BCUT2D eigenvalue weighted by Gasteiger charge is -2.29. The standard InChI is InChI=1S/C23H26ClN3O3S.ClH/c1-16(2)30-19-6-3-17(4-7-19)22(28)27(10-9-26-11-13-29-14-12-26)23-25-20-8-5-18(24)15-21(20)31-23;/h3-8,15-16H,9-14H2,1-2H3;1H. The van der Waals surface area contributed by atoms with Gasteiger partial charge in [-0.15, -0.1) is 12.4 Å². The largest absolute Gasteiger partial charge is 0.491 e. The highest BCUT2D eigenvalue weighted by Gasteiger charge is 2.23. The minimum atomic E-state index is -0.0745. The third kappa shape index (κ3) is 6.11. The Morgan fingerprint density at radius 3 is 2.62 bits per heavy atom. The number of carbonyl (C=O) groups is 1. The number of ether oxygens (including phenoxy) is 2. The van der Waals surface area contributed by atoms with E-state index >= 15 is 0 Å². The molecule has 1 aromatic heterocycles. The molecule has 9 heteroatoms. The fourth-order valence-electron chi connectivity index (χ4n) is 3.46. The maximum Gasteiger partial charge on any atom is 0.260 e. The van der Waals surface area contributed by atoms with Gasteiger partial charge in [0.1, 0.15) is 5.75 Å². The lowest BCUT2D eigenvalue weighted by Crippen LogP contribution is -2.43. The number of benzene rings is 2. The molecular formula is C23H27Cl2N3O3S. The molecule has 2 heterocycles. The van der Waals surface area contributed by atoms with Gasteiger partial charge in [0.15, 0.2) is 5.13 Å². The van der Waals surface area contributed by atoms with Crippen molar-refractivity contribution in [3.63, 3.8) is 0 Å². The van der Waals surface area contributed by atoms with E-state index in [4.69, 9.17) is 26.1 Å². The van der Waals surface area contributed by atoms with Gasteiger partial charge in [-0.3, -0.25) is 14.6 Å². The molecule has 0 spiro atoms. The predicted octanol–water partition coefficient (Wildman–Crippen LogP) is 5.14. The number of halogens is 2. The first-order chi connectivity index (χ1) is 15.0. The number of morpholine rings is 1. The highest BCUT2D eigenvalue weighted by atomic mass is 35.5. The van der Waals surface area contributed by atoms with Gasteiger partial charge in [-0.05, 0) is 56.3 Å². The Bertz CT molecular complexity index is 1040. The molecule has 2 aromatic carbocycles. The minimum absolute atomic E-state index is 0. The summed E-state index contributed by atoms with van der Waals surface area (Å²) in [5.41, 5.74) is 1.45. The van der Waals surface area contributed by atoms with E-state index in [2.05, 4.69) is 4.90 Å². The quantitative estimate of drug-likeness (QED) is 0.454. The molecule has 4 rings (SSSR count). The Morgan fingerprint density at radius 1 is 1.22 bits per heavy atom. The van der Waals surface area contributed by atoms with Crippen LogP contribution in [-0.4, -0.2) is 61.3 Å². The van der Waals surface area contributed by atoms with Crippen LogP contribution in [-0.2, 0) is 4.74 Å². The molecule has 172 valence electrons. The third-order valence-corrected chi connectivity index (χ3v) is 6.31. The molecule has 1 saturated heterocycles. The Kier molecular flexibility index (Phi) is 8.73. The van der Waals surface area contributed by atoms with Crippen LogP contribution in [0.15, 0.2) is 42.5 Å². The number of fused-ring (bicyclic) bond motifs is 1. The number of hydrogen-bond donors (Lipinski definition) is 0. The molecule has 6 nitrogen and oxygen atoms in total. The van der Waals surface area contributed by atoms with Gasteiger partial charge in [0.25, 0.3) is 5.91 Å². The Labute approximate surface area is 203 Å². The summed E-state index contributed by atoms with van der Waals surface area (Å²) >= 11 is 7.63. The number of aromatic nitrogens is 1. The molecule has 0 radical (unpaired) electrons. The van der Waals surface area contributed by atoms with Gasteiger partial charge in [0.05, 0.1) is 29.5 Å². The van der Waals surface area contributed by atoms with Crippen LogP contribution >= 0.6 is 35.3 Å². The second-order valence-corrected chi connectivity index (χ2v) is 9.16. The lowest BCUT2D eigenvalue weighted by atomic mass is 10.2. The first kappa shape index (κ1) is 24.7. The van der Waals surface area contributed by atoms with Gasteiger partial charge in [-0.1, -0.05) is 22.9 Å². The van der Waals surface area contributed by atoms with E-state index in [1.165, 1.54) is 11.3 Å². The number of rotatable bonds is 7. The molecule has 0 bridgehead atoms. The smallest absolute Gasteiger partial charge is 0.260 e. The SMILES string of the molecule is CC(C)Oc1ccc(C(=O)N(CCN2CCOCC2)c2nc3ccc(Cl)cc3s2)cc1.Cl. The molecule has 0 aliphatic carbocycles. The van der Waals surface area contributed by atoms with Crippen LogP contribution in [0, 0.1) is 0 Å². The van der Waals surface area contributed by atoms with Crippen molar-refractivity contribution in [2.45, 2.75) is 20.0 Å². The van der Waals surface area contributed by atoms with Gasteiger partial charge in [0.2, 0.25) is 0 Å². The summed E-state index contributed by atoms with van der Waals surface area (Å²) in [6, 6.07) is 12.9. The molecule has 0 saturated carbocycles. The number of amides is 1. The lowest BCUT2D eigenvalue weighted by molar-refractivity contribution is 0.0391. The highest BCUT2D eigenvalue weighted by molar-refractivity contribution is 7.22. The van der Waals surface area contributed by atoms with Gasteiger partial charge < -0.3 is 9.47 Å². The summed E-state index contributed by atoms with van der Waals surface area (Å²) in [4.78, 5) is 22.3. The zero-order chi connectivity index (χ0) is 21.8. The zero-order valence-corrected chi connectivity index (χ0v) is 20.5. The first-order valence-electron chi connectivity index (χ1n) is 10.4. The van der Waals surface area contributed by atoms with Gasteiger partial charge in [-0.2, -0.15) is 0 Å². The summed E-state index contributed by atoms with van der Waals surface area (Å²) < 4.78 is 12.1. The third-order valence-electron chi connectivity index (χ3n) is 5.03. The number of nitrogens with zero attached hydrogens (tertiary/aromatic N) is 3. The predicted molar refractivity (Wildman–Crippen MR) is 133 cm³/mol. The molecule has 1 amide bonds. The van der Waals surface area contributed by atoms with E-state index < -0.39 is 0 Å². The monoisotopic (exact) mass is 495 g/mol. The van der Waals surface area contributed by atoms with Crippen molar-refractivity contribution < 1.29 is 14.3 Å². The van der Waals surface area contributed by atoms with E-state index in [1.807, 2.05) is 56.3 Å². The average molecular weight is 496 g/mol. The van der Waals surface area contributed by atoms with Crippen molar-refractivity contribution in [3.05, 3.63) is 53.1 Å². The van der Waals surface area contributed by atoms with E-state index in [0.29, 0.717) is 22.3 Å². The van der Waals surface area contributed by atoms with Crippen LogP contribution in [0.3, 0.4) is 0 Å². The number of hydrogen-bond acceptors (Lipinski definition) is 6. The minimum Gasteiger partial charge on any atom is -0.491 e. The number of carbonyl (C=O) groups excluding carboxylic acids is 1. The van der Waals surface area contributed by atoms with Crippen molar-refractivity contribution in [2.24, 2.45) is 0 Å². The van der Waals surface area contributed by atoms with Crippen LogP contribution in [0.5, 0.6) is 5.75 Å². The molecule has 32 heavy (non-hydrogen) atoms. The molecule has 3 aromatic rings. The zero-order valence-electron chi connectivity index (χ0n) is 18.1. The van der Waals surface area contributed by atoms with Gasteiger partial charge >= 0.3 is 0 Å². The molecule has 0 N–H and O–H groups in total. The topological polar surface area (TPSA) is 54.9 Å². The summed E-state index contributed by atoms with van der Waals surface area (Å²) in [5.74, 6) is 0.676. The van der Waals surface area contributed by atoms with Gasteiger partial charge in [0, 0.05) is 36.8 Å². The van der Waals surface area contributed by atoms with E-state index in [0.717, 1.165) is 48.8 Å². The van der Waals surface area contributed by atoms with Crippen molar-refractivity contribution in [3.8, 4) is 5.75 Å². The van der Waals surface area contributed by atoms with Crippen molar-refractivity contribution in [2.75, 3.05) is 44.3 Å². The van der Waals surface area contributed by atoms with E-state index in [1.54, 1.807) is 4.90 Å². The summed E-state index contributed by atoms with van der Waals surface area (Å²) in [6.07, 6.45) is 0.0844. The molecular weight excluding hydrogens is 469 g/mol. The molecule has 1 aliphatic rings. The van der Waals surface area contributed by atoms with Crippen LogP contribution in [0.4, 0.5) is 5.13 Å². The van der Waals surface area contributed by atoms with E-state index in [9.17, 15) is 4.79 Å².